The minimum atomic E-state index is -0.433. The zero-order valence-electron chi connectivity index (χ0n) is 11.3. The lowest BCUT2D eigenvalue weighted by atomic mass is 9.97. The Bertz CT molecular complexity index is 843. The third-order valence-electron chi connectivity index (χ3n) is 3.81. The van der Waals surface area contributed by atoms with E-state index in [0.29, 0.717) is 5.82 Å². The van der Waals surface area contributed by atoms with Crippen LogP contribution in [0.15, 0.2) is 18.3 Å². The molecular weight excluding hydrogens is 287 g/mol. The van der Waals surface area contributed by atoms with Crippen molar-refractivity contribution in [2.45, 2.75) is 25.7 Å². The van der Waals surface area contributed by atoms with Crippen LogP contribution in [0.3, 0.4) is 0 Å². The first-order valence-electron chi connectivity index (χ1n) is 6.92. The van der Waals surface area contributed by atoms with E-state index >= 15 is 0 Å². The molecule has 0 radical (unpaired) electrons. The van der Waals surface area contributed by atoms with Crippen LogP contribution in [-0.2, 0) is 12.8 Å². The van der Waals surface area contributed by atoms with Gasteiger partial charge in [-0.05, 0) is 43.4 Å². The van der Waals surface area contributed by atoms with Crippen LogP contribution in [0.1, 0.15) is 23.3 Å². The van der Waals surface area contributed by atoms with E-state index in [1.54, 1.807) is 17.4 Å². The van der Waals surface area contributed by atoms with Crippen LogP contribution in [0.2, 0.25) is 0 Å². The molecule has 106 valence electrons. The first-order chi connectivity index (χ1) is 10.2. The summed E-state index contributed by atoms with van der Waals surface area (Å²) in [4.78, 5) is 15.0. The Balaban J connectivity index is 1.96. The molecule has 1 aliphatic carbocycles. The first-order valence-corrected chi connectivity index (χ1v) is 7.74. The maximum absolute atomic E-state index is 13.9. The highest BCUT2D eigenvalue weighted by molar-refractivity contribution is 7.19. The highest BCUT2D eigenvalue weighted by Crippen LogP contribution is 2.38. The number of pyridine rings is 1. The average Bonchev–Trinajstić information content (AvgIpc) is 2.86. The summed E-state index contributed by atoms with van der Waals surface area (Å²) in [5.74, 6) is 0.258. The van der Waals surface area contributed by atoms with Gasteiger partial charge in [-0.15, -0.1) is 11.3 Å². The van der Waals surface area contributed by atoms with Gasteiger partial charge in [0.15, 0.2) is 11.6 Å². The number of halogens is 1. The van der Waals surface area contributed by atoms with E-state index in [4.69, 9.17) is 5.73 Å². The van der Waals surface area contributed by atoms with Crippen molar-refractivity contribution in [1.29, 1.82) is 0 Å². The van der Waals surface area contributed by atoms with Gasteiger partial charge in [0, 0.05) is 11.1 Å². The Morgan fingerprint density at radius 2 is 2.05 bits per heavy atom. The maximum Gasteiger partial charge on any atom is 0.184 e. The Kier molecular flexibility index (Phi) is 2.85. The number of hydrogen-bond acceptors (Lipinski definition) is 5. The molecule has 0 unspecified atom stereocenters. The van der Waals surface area contributed by atoms with Crippen molar-refractivity contribution in [2.75, 3.05) is 5.73 Å². The molecule has 1 aliphatic rings. The molecule has 0 bridgehead atoms. The Hall–Kier alpha value is -2.08. The first kappa shape index (κ1) is 12.6. The Morgan fingerprint density at radius 1 is 1.19 bits per heavy atom. The molecule has 4 nitrogen and oxygen atoms in total. The van der Waals surface area contributed by atoms with Crippen molar-refractivity contribution in [1.82, 2.24) is 15.0 Å². The third kappa shape index (κ3) is 1.98. The minimum Gasteiger partial charge on any atom is -0.383 e. The largest absolute Gasteiger partial charge is 0.383 e. The lowest BCUT2D eigenvalue weighted by Gasteiger charge is -2.10. The Morgan fingerprint density at radius 3 is 2.90 bits per heavy atom. The summed E-state index contributed by atoms with van der Waals surface area (Å²) < 4.78 is 13.9. The van der Waals surface area contributed by atoms with Gasteiger partial charge in [-0.25, -0.2) is 19.3 Å². The van der Waals surface area contributed by atoms with Crippen LogP contribution in [-0.4, -0.2) is 15.0 Å². The van der Waals surface area contributed by atoms with Gasteiger partial charge < -0.3 is 5.73 Å². The molecule has 21 heavy (non-hydrogen) atoms. The maximum atomic E-state index is 13.9. The molecule has 3 aromatic rings. The fraction of sp³-hybridized carbons (Fsp3) is 0.267. The van der Waals surface area contributed by atoms with Crippen LogP contribution < -0.4 is 5.73 Å². The quantitative estimate of drug-likeness (QED) is 0.748. The molecule has 4 rings (SSSR count). The monoisotopic (exact) mass is 300 g/mol. The van der Waals surface area contributed by atoms with E-state index < -0.39 is 5.82 Å². The number of nitrogens with two attached hydrogens (primary N) is 1. The molecule has 0 aliphatic heterocycles. The number of aryl methyl sites for hydroxylation is 2. The molecule has 3 aromatic heterocycles. The SMILES string of the molecule is Nc1nc(-c2ncccc2F)nc2sc3c(c12)CCCC3. The standard InChI is InChI=1S/C15H13FN4S/c16-9-5-3-7-18-12(9)14-19-13(17)11-8-4-1-2-6-10(8)21-15(11)20-14/h3,5,7H,1-2,4,6H2,(H2,17,19,20). The second-order valence-corrected chi connectivity index (χ2v) is 6.24. The molecule has 2 N–H and O–H groups in total. The predicted molar refractivity (Wildman–Crippen MR) is 81.7 cm³/mol. The van der Waals surface area contributed by atoms with Crippen molar-refractivity contribution in [3.05, 3.63) is 34.6 Å². The van der Waals surface area contributed by atoms with Gasteiger partial charge in [0.05, 0.1) is 5.39 Å². The topological polar surface area (TPSA) is 64.7 Å². The van der Waals surface area contributed by atoms with Crippen molar-refractivity contribution in [3.8, 4) is 11.5 Å². The van der Waals surface area contributed by atoms with Crippen molar-refractivity contribution < 1.29 is 4.39 Å². The normalized spacial score (nSPS) is 14.3. The third-order valence-corrected chi connectivity index (χ3v) is 5.00. The average molecular weight is 300 g/mol. The molecule has 0 spiro atoms. The molecule has 0 atom stereocenters. The van der Waals surface area contributed by atoms with Gasteiger partial charge in [0.25, 0.3) is 0 Å². The van der Waals surface area contributed by atoms with Gasteiger partial charge in [-0.3, -0.25) is 0 Å². The van der Waals surface area contributed by atoms with E-state index in [1.165, 1.54) is 35.5 Å². The van der Waals surface area contributed by atoms with Crippen LogP contribution in [0.4, 0.5) is 10.2 Å². The molecule has 0 aromatic carbocycles. The number of rotatable bonds is 1. The van der Waals surface area contributed by atoms with Gasteiger partial charge >= 0.3 is 0 Å². The van der Waals surface area contributed by atoms with Gasteiger partial charge in [-0.1, -0.05) is 0 Å². The van der Waals surface area contributed by atoms with Crippen LogP contribution in [0, 0.1) is 5.82 Å². The lowest BCUT2D eigenvalue weighted by molar-refractivity contribution is 0.624. The zero-order valence-corrected chi connectivity index (χ0v) is 12.1. The summed E-state index contributed by atoms with van der Waals surface area (Å²) in [6.45, 7) is 0. The number of thiophene rings is 1. The fourth-order valence-corrected chi connectivity index (χ4v) is 4.11. The van der Waals surface area contributed by atoms with Gasteiger partial charge in [0.1, 0.15) is 16.3 Å². The molecule has 0 saturated heterocycles. The number of fused-ring (bicyclic) bond motifs is 3. The second-order valence-electron chi connectivity index (χ2n) is 5.16. The molecular formula is C15H13FN4S. The molecule has 0 saturated carbocycles. The highest BCUT2D eigenvalue weighted by Gasteiger charge is 2.21. The summed E-state index contributed by atoms with van der Waals surface area (Å²) in [5, 5.41) is 0.954. The van der Waals surface area contributed by atoms with E-state index in [-0.39, 0.29) is 11.5 Å². The van der Waals surface area contributed by atoms with Crippen LogP contribution >= 0.6 is 11.3 Å². The van der Waals surface area contributed by atoms with Crippen molar-refractivity contribution in [3.63, 3.8) is 0 Å². The summed E-state index contributed by atoms with van der Waals surface area (Å²) >= 11 is 1.65. The summed E-state index contributed by atoms with van der Waals surface area (Å²) in [7, 11) is 0. The number of aromatic nitrogens is 3. The molecule has 6 heteroatoms. The zero-order chi connectivity index (χ0) is 14.4. The highest BCUT2D eigenvalue weighted by atomic mass is 32.1. The molecule has 0 fully saturated rings. The van der Waals surface area contributed by atoms with Crippen molar-refractivity contribution >= 4 is 27.4 Å². The smallest absolute Gasteiger partial charge is 0.184 e. The fourth-order valence-electron chi connectivity index (χ4n) is 2.84. The molecule has 3 heterocycles. The number of nitrogen functional groups attached to an aromatic ring is 1. The lowest BCUT2D eigenvalue weighted by Crippen LogP contribution is -2.02. The van der Waals surface area contributed by atoms with Gasteiger partial charge in [-0.2, -0.15) is 0 Å². The van der Waals surface area contributed by atoms with E-state index in [0.717, 1.165) is 23.1 Å². The predicted octanol–water partition coefficient (Wildman–Crippen LogP) is 3.35. The number of hydrogen-bond donors (Lipinski definition) is 1. The van der Waals surface area contributed by atoms with Gasteiger partial charge in [0.2, 0.25) is 0 Å². The van der Waals surface area contributed by atoms with E-state index in [1.807, 2.05) is 0 Å². The van der Waals surface area contributed by atoms with E-state index in [2.05, 4.69) is 15.0 Å². The van der Waals surface area contributed by atoms with Crippen LogP contribution in [0.25, 0.3) is 21.7 Å². The summed E-state index contributed by atoms with van der Waals surface area (Å²) in [5.41, 5.74) is 7.55. The van der Waals surface area contributed by atoms with E-state index in [9.17, 15) is 4.39 Å². The Labute approximate surface area is 124 Å². The second kappa shape index (κ2) is 4.73. The number of anilines is 1. The van der Waals surface area contributed by atoms with Crippen LogP contribution in [0.5, 0.6) is 0 Å². The number of nitrogens with zero attached hydrogens (tertiary/aromatic N) is 3. The molecule has 0 amide bonds. The van der Waals surface area contributed by atoms with Crippen molar-refractivity contribution in [2.24, 2.45) is 0 Å². The summed E-state index contributed by atoms with van der Waals surface area (Å²) in [6, 6.07) is 2.90. The minimum absolute atomic E-state index is 0.150. The summed E-state index contributed by atoms with van der Waals surface area (Å²) in [6.07, 6.45) is 6.01.